The Kier molecular flexibility index (Phi) is 3.42. The van der Waals surface area contributed by atoms with E-state index in [0.717, 1.165) is 11.0 Å². The third-order valence-electron chi connectivity index (χ3n) is 3.58. The molecule has 0 aliphatic carbocycles. The maximum Gasteiger partial charge on any atom is 0.408 e. The third kappa shape index (κ3) is 2.58. The Morgan fingerprint density at radius 3 is 2.64 bits per heavy atom. The second-order valence-electron chi connectivity index (χ2n) is 5.00. The van der Waals surface area contributed by atoms with E-state index in [0.29, 0.717) is 6.42 Å². The number of benzene rings is 1. The van der Waals surface area contributed by atoms with Crippen molar-refractivity contribution in [1.82, 2.24) is 10.2 Å². The van der Waals surface area contributed by atoms with Crippen molar-refractivity contribution in [2.24, 2.45) is 0 Å². The average molecular weight is 316 g/mol. The predicted octanol–water partition coefficient (Wildman–Crippen LogP) is 2.99. The lowest BCUT2D eigenvalue weighted by atomic mass is 10.1. The van der Waals surface area contributed by atoms with Crippen molar-refractivity contribution in [3.63, 3.8) is 0 Å². The minimum Gasteiger partial charge on any atom is -0.404 e. The number of nitrogens with zero attached hydrogens (tertiary/aromatic N) is 3. The highest BCUT2D eigenvalue weighted by Crippen LogP contribution is 2.37. The van der Waals surface area contributed by atoms with Crippen LogP contribution in [0.5, 0.6) is 0 Å². The summed E-state index contributed by atoms with van der Waals surface area (Å²) in [6.45, 7) is 0.161. The van der Waals surface area contributed by atoms with Crippen molar-refractivity contribution in [3.05, 3.63) is 24.0 Å². The van der Waals surface area contributed by atoms with E-state index < -0.39 is 18.0 Å². The Labute approximate surface area is 122 Å². The Hall–Kier alpha value is -2.32. The van der Waals surface area contributed by atoms with Gasteiger partial charge in [-0.25, -0.2) is 4.39 Å². The molecule has 0 bridgehead atoms. The molecule has 1 atom stereocenters. The van der Waals surface area contributed by atoms with Gasteiger partial charge in [-0.2, -0.15) is 13.2 Å². The Balaban J connectivity index is 1.92. The number of aromatic nitrogens is 2. The fourth-order valence-corrected chi connectivity index (χ4v) is 2.62. The average Bonchev–Trinajstić information content (AvgIpc) is 3.06. The maximum absolute atomic E-state index is 14.2. The van der Waals surface area contributed by atoms with Crippen molar-refractivity contribution in [1.29, 1.82) is 0 Å². The van der Waals surface area contributed by atoms with Crippen LogP contribution in [0.25, 0.3) is 11.5 Å². The summed E-state index contributed by atoms with van der Waals surface area (Å²) < 4.78 is 58.1. The Bertz CT molecular complexity index is 685. The molecule has 118 valence electrons. The maximum atomic E-state index is 14.2. The largest absolute Gasteiger partial charge is 0.408 e. The van der Waals surface area contributed by atoms with Gasteiger partial charge in [0.25, 0.3) is 0 Å². The molecule has 1 aliphatic heterocycles. The molecule has 2 aromatic rings. The molecule has 9 heteroatoms. The van der Waals surface area contributed by atoms with E-state index in [-0.39, 0.29) is 36.1 Å². The fraction of sp³-hybridized carbons (Fsp3) is 0.385. The van der Waals surface area contributed by atoms with Crippen molar-refractivity contribution >= 4 is 11.7 Å². The minimum absolute atomic E-state index is 0.0109. The molecule has 0 radical (unpaired) electrons. The quantitative estimate of drug-likeness (QED) is 0.863. The molecule has 1 fully saturated rings. The summed E-state index contributed by atoms with van der Waals surface area (Å²) in [6, 6.07) is 1.95. The Morgan fingerprint density at radius 1 is 1.27 bits per heavy atom. The molecule has 2 heterocycles. The lowest BCUT2D eigenvalue weighted by Crippen LogP contribution is -2.41. The second kappa shape index (κ2) is 5.15. The van der Waals surface area contributed by atoms with Crippen LogP contribution in [0.2, 0.25) is 0 Å². The number of halogens is 4. The highest BCUT2D eigenvalue weighted by molar-refractivity contribution is 5.61. The van der Waals surface area contributed by atoms with E-state index >= 15 is 0 Å². The van der Waals surface area contributed by atoms with Crippen LogP contribution >= 0.6 is 0 Å². The van der Waals surface area contributed by atoms with Crippen molar-refractivity contribution in [2.45, 2.75) is 25.1 Å². The number of anilines is 2. The summed E-state index contributed by atoms with van der Waals surface area (Å²) in [5.74, 6) is -0.762. The zero-order valence-electron chi connectivity index (χ0n) is 11.3. The SMILES string of the molecule is Nc1nnc(-c2ccc(N3CCCC3C(F)(F)F)c(F)c2)o1. The van der Waals surface area contributed by atoms with Crippen LogP contribution in [0.3, 0.4) is 0 Å². The first kappa shape index (κ1) is 14.6. The van der Waals surface area contributed by atoms with Crippen LogP contribution in [0.4, 0.5) is 29.3 Å². The zero-order chi connectivity index (χ0) is 15.9. The molecule has 1 saturated heterocycles. The van der Waals surface area contributed by atoms with Gasteiger partial charge >= 0.3 is 12.2 Å². The molecule has 22 heavy (non-hydrogen) atoms. The van der Waals surface area contributed by atoms with Gasteiger partial charge in [-0.3, -0.25) is 0 Å². The Morgan fingerprint density at radius 2 is 2.05 bits per heavy atom. The van der Waals surface area contributed by atoms with Crippen LogP contribution in [-0.2, 0) is 0 Å². The molecule has 1 aromatic carbocycles. The smallest absolute Gasteiger partial charge is 0.404 e. The van der Waals surface area contributed by atoms with Crippen molar-refractivity contribution in [3.8, 4) is 11.5 Å². The first-order valence-corrected chi connectivity index (χ1v) is 6.58. The number of alkyl halides is 3. The van der Waals surface area contributed by atoms with Gasteiger partial charge in [-0.05, 0) is 31.0 Å². The molecule has 1 aliphatic rings. The summed E-state index contributed by atoms with van der Waals surface area (Å²) in [4.78, 5) is 1.04. The van der Waals surface area contributed by atoms with E-state index in [9.17, 15) is 17.6 Å². The zero-order valence-corrected chi connectivity index (χ0v) is 11.3. The van der Waals surface area contributed by atoms with E-state index in [1.54, 1.807) is 0 Å². The van der Waals surface area contributed by atoms with Gasteiger partial charge in [0, 0.05) is 12.1 Å². The van der Waals surface area contributed by atoms with Gasteiger partial charge in [-0.1, -0.05) is 5.10 Å². The molecule has 5 nitrogen and oxygen atoms in total. The van der Waals surface area contributed by atoms with Crippen LogP contribution in [0, 0.1) is 5.82 Å². The lowest BCUT2D eigenvalue weighted by Gasteiger charge is -2.28. The number of hydrogen-bond donors (Lipinski definition) is 1. The lowest BCUT2D eigenvalue weighted by molar-refractivity contribution is -0.146. The molecule has 0 saturated carbocycles. The summed E-state index contributed by atoms with van der Waals surface area (Å²) in [7, 11) is 0. The van der Waals surface area contributed by atoms with Crippen molar-refractivity contribution in [2.75, 3.05) is 17.2 Å². The monoisotopic (exact) mass is 316 g/mol. The van der Waals surface area contributed by atoms with Crippen molar-refractivity contribution < 1.29 is 22.0 Å². The van der Waals surface area contributed by atoms with E-state index in [1.165, 1.54) is 12.1 Å². The predicted molar refractivity (Wildman–Crippen MR) is 70.5 cm³/mol. The summed E-state index contributed by atoms with van der Waals surface area (Å²) in [5, 5.41) is 7.05. The van der Waals surface area contributed by atoms with Gasteiger partial charge in [0.15, 0.2) is 0 Å². The topological polar surface area (TPSA) is 68.2 Å². The van der Waals surface area contributed by atoms with Crippen LogP contribution in [0.15, 0.2) is 22.6 Å². The molecule has 2 N–H and O–H groups in total. The molecule has 1 aromatic heterocycles. The van der Waals surface area contributed by atoms with Gasteiger partial charge in [0.1, 0.15) is 11.9 Å². The fourth-order valence-electron chi connectivity index (χ4n) is 2.62. The number of rotatable bonds is 2. The third-order valence-corrected chi connectivity index (χ3v) is 3.58. The standard InChI is InChI=1S/C13H12F4N4O/c14-8-6-7(11-19-20-12(18)22-11)3-4-9(8)21-5-1-2-10(21)13(15,16)17/h3-4,6,10H,1-2,5H2,(H2,18,20). The minimum atomic E-state index is -4.39. The number of nitrogens with two attached hydrogens (primary N) is 1. The highest BCUT2D eigenvalue weighted by Gasteiger charge is 2.46. The van der Waals surface area contributed by atoms with Gasteiger partial charge in [0.05, 0.1) is 5.69 Å². The van der Waals surface area contributed by atoms with Gasteiger partial charge < -0.3 is 15.1 Å². The van der Waals surface area contributed by atoms with Crippen LogP contribution in [-0.4, -0.2) is 29.0 Å². The van der Waals surface area contributed by atoms with Gasteiger partial charge in [-0.15, -0.1) is 5.10 Å². The molecular formula is C13H12F4N4O. The molecule has 0 spiro atoms. The van der Waals surface area contributed by atoms with E-state index in [2.05, 4.69) is 10.2 Å². The highest BCUT2D eigenvalue weighted by atomic mass is 19.4. The molecule has 0 amide bonds. The summed E-state index contributed by atoms with van der Waals surface area (Å²) >= 11 is 0. The normalized spacial score (nSPS) is 18.9. The van der Waals surface area contributed by atoms with E-state index in [4.69, 9.17) is 10.2 Å². The van der Waals surface area contributed by atoms with Gasteiger partial charge in [0.2, 0.25) is 5.89 Å². The van der Waals surface area contributed by atoms with E-state index in [1.807, 2.05) is 0 Å². The summed E-state index contributed by atoms with van der Waals surface area (Å²) in [6.07, 6.45) is -4.06. The van der Waals surface area contributed by atoms with Crippen LogP contribution in [0.1, 0.15) is 12.8 Å². The second-order valence-corrected chi connectivity index (χ2v) is 5.00. The molecular weight excluding hydrogens is 304 g/mol. The first-order valence-electron chi connectivity index (χ1n) is 6.58. The number of nitrogen functional groups attached to an aromatic ring is 1. The molecule has 1 unspecified atom stereocenters. The first-order chi connectivity index (χ1) is 10.4. The van der Waals surface area contributed by atoms with Crippen LogP contribution < -0.4 is 10.6 Å². The number of hydrogen-bond acceptors (Lipinski definition) is 5. The molecule has 3 rings (SSSR count). The summed E-state index contributed by atoms with van der Waals surface area (Å²) in [5.41, 5.74) is 5.45.